The summed E-state index contributed by atoms with van der Waals surface area (Å²) in [7, 11) is 1.57. The summed E-state index contributed by atoms with van der Waals surface area (Å²) in [5.41, 5.74) is 2.01. The topological polar surface area (TPSA) is 93.5 Å². The van der Waals surface area contributed by atoms with Crippen LogP contribution in [0.2, 0.25) is 0 Å². The van der Waals surface area contributed by atoms with Crippen molar-refractivity contribution in [3.63, 3.8) is 0 Å². The standard InChI is InChI=1S/C17H17N3O4S/c1-11-3-6-13(20(22)23)10-15(11)18-17(25)19-16(21)9-12-4-7-14(24-2)8-5-12/h3-8,10H,9H2,1-2H3,(H2,18,19,21,25). The maximum Gasteiger partial charge on any atom is 0.271 e. The summed E-state index contributed by atoms with van der Waals surface area (Å²) in [6.07, 6.45) is 0.153. The molecule has 0 heterocycles. The van der Waals surface area contributed by atoms with Gasteiger partial charge in [0.15, 0.2) is 5.11 Å². The highest BCUT2D eigenvalue weighted by atomic mass is 32.1. The van der Waals surface area contributed by atoms with Gasteiger partial charge in [-0.05, 0) is 42.4 Å². The molecule has 0 aliphatic heterocycles. The van der Waals surface area contributed by atoms with Crippen LogP contribution in [-0.4, -0.2) is 23.1 Å². The molecule has 0 saturated carbocycles. The van der Waals surface area contributed by atoms with E-state index >= 15 is 0 Å². The average Bonchev–Trinajstić information content (AvgIpc) is 2.57. The van der Waals surface area contributed by atoms with Crippen molar-refractivity contribution in [3.05, 3.63) is 63.7 Å². The molecule has 2 rings (SSSR count). The van der Waals surface area contributed by atoms with Crippen LogP contribution in [0, 0.1) is 17.0 Å². The number of hydrogen-bond donors (Lipinski definition) is 2. The van der Waals surface area contributed by atoms with Crippen LogP contribution >= 0.6 is 12.2 Å². The van der Waals surface area contributed by atoms with Crippen LogP contribution in [0.5, 0.6) is 5.75 Å². The number of ether oxygens (including phenoxy) is 1. The monoisotopic (exact) mass is 359 g/mol. The fraction of sp³-hybridized carbons (Fsp3) is 0.176. The van der Waals surface area contributed by atoms with Gasteiger partial charge in [-0.3, -0.25) is 14.9 Å². The maximum atomic E-state index is 12.0. The van der Waals surface area contributed by atoms with E-state index in [4.69, 9.17) is 17.0 Å². The zero-order valence-electron chi connectivity index (χ0n) is 13.7. The smallest absolute Gasteiger partial charge is 0.271 e. The Morgan fingerprint density at radius 2 is 1.92 bits per heavy atom. The van der Waals surface area contributed by atoms with Crippen LogP contribution in [0.25, 0.3) is 0 Å². The second kappa shape index (κ2) is 8.20. The Labute approximate surface area is 150 Å². The molecule has 130 valence electrons. The molecule has 0 radical (unpaired) electrons. The molecule has 0 aliphatic rings. The van der Waals surface area contributed by atoms with Gasteiger partial charge < -0.3 is 15.4 Å². The molecule has 25 heavy (non-hydrogen) atoms. The number of aryl methyl sites for hydroxylation is 1. The van der Waals surface area contributed by atoms with E-state index in [0.29, 0.717) is 11.4 Å². The van der Waals surface area contributed by atoms with Crippen molar-refractivity contribution < 1.29 is 14.5 Å². The Bertz CT molecular complexity index is 806. The zero-order valence-corrected chi connectivity index (χ0v) is 14.6. The third kappa shape index (κ3) is 5.25. The number of nitrogens with one attached hydrogen (secondary N) is 2. The number of benzene rings is 2. The molecule has 2 aromatic rings. The summed E-state index contributed by atoms with van der Waals surface area (Å²) in [6.45, 7) is 1.79. The van der Waals surface area contributed by atoms with E-state index in [1.165, 1.54) is 12.1 Å². The molecule has 0 bridgehead atoms. The molecule has 0 aromatic heterocycles. The number of anilines is 1. The zero-order chi connectivity index (χ0) is 18.4. The van der Waals surface area contributed by atoms with Crippen LogP contribution in [-0.2, 0) is 11.2 Å². The Morgan fingerprint density at radius 1 is 1.24 bits per heavy atom. The predicted molar refractivity (Wildman–Crippen MR) is 98.9 cm³/mol. The second-order valence-electron chi connectivity index (χ2n) is 5.28. The van der Waals surface area contributed by atoms with E-state index in [9.17, 15) is 14.9 Å². The van der Waals surface area contributed by atoms with Gasteiger partial charge in [-0.1, -0.05) is 18.2 Å². The van der Waals surface area contributed by atoms with Crippen molar-refractivity contribution in [1.82, 2.24) is 5.32 Å². The summed E-state index contributed by atoms with van der Waals surface area (Å²) < 4.78 is 5.06. The van der Waals surface area contributed by atoms with Gasteiger partial charge in [0.25, 0.3) is 5.69 Å². The largest absolute Gasteiger partial charge is 0.497 e. The lowest BCUT2D eigenvalue weighted by molar-refractivity contribution is -0.384. The van der Waals surface area contributed by atoms with E-state index in [1.807, 2.05) is 0 Å². The van der Waals surface area contributed by atoms with Gasteiger partial charge in [0.05, 0.1) is 18.5 Å². The average molecular weight is 359 g/mol. The first-order valence-corrected chi connectivity index (χ1v) is 7.78. The molecular formula is C17H17N3O4S. The van der Waals surface area contributed by atoms with Crippen molar-refractivity contribution in [3.8, 4) is 5.75 Å². The highest BCUT2D eigenvalue weighted by Crippen LogP contribution is 2.21. The van der Waals surface area contributed by atoms with Crippen molar-refractivity contribution in [2.24, 2.45) is 0 Å². The minimum Gasteiger partial charge on any atom is -0.497 e. The first-order chi connectivity index (χ1) is 11.9. The first kappa shape index (κ1) is 18.3. The SMILES string of the molecule is COc1ccc(CC(=O)NC(=S)Nc2cc([N+](=O)[O-])ccc2C)cc1. The first-order valence-electron chi connectivity index (χ1n) is 7.38. The molecule has 8 heteroatoms. The van der Waals surface area contributed by atoms with Crippen molar-refractivity contribution in [1.29, 1.82) is 0 Å². The number of methoxy groups -OCH3 is 1. The summed E-state index contributed by atoms with van der Waals surface area (Å²) in [5, 5.41) is 16.3. The number of nitrogens with zero attached hydrogens (tertiary/aromatic N) is 1. The number of rotatable bonds is 5. The van der Waals surface area contributed by atoms with Crippen molar-refractivity contribution >= 4 is 34.6 Å². The normalized spacial score (nSPS) is 10.0. The summed E-state index contributed by atoms with van der Waals surface area (Å²) in [5.74, 6) is 0.424. The number of nitro benzene ring substituents is 1. The molecule has 0 fully saturated rings. The lowest BCUT2D eigenvalue weighted by Crippen LogP contribution is -2.35. The number of non-ortho nitro benzene ring substituents is 1. The summed E-state index contributed by atoms with van der Waals surface area (Å²) >= 11 is 5.10. The molecular weight excluding hydrogens is 342 g/mol. The molecule has 7 nitrogen and oxygen atoms in total. The van der Waals surface area contributed by atoms with E-state index in [-0.39, 0.29) is 23.1 Å². The molecule has 0 aliphatic carbocycles. The van der Waals surface area contributed by atoms with Crippen LogP contribution in [0.15, 0.2) is 42.5 Å². The second-order valence-corrected chi connectivity index (χ2v) is 5.69. The van der Waals surface area contributed by atoms with Gasteiger partial charge in [0.1, 0.15) is 5.75 Å². The van der Waals surface area contributed by atoms with Gasteiger partial charge in [-0.25, -0.2) is 0 Å². The van der Waals surface area contributed by atoms with Crippen molar-refractivity contribution in [2.75, 3.05) is 12.4 Å². The fourth-order valence-corrected chi connectivity index (χ4v) is 2.34. The summed E-state index contributed by atoms with van der Waals surface area (Å²) in [6, 6.07) is 11.5. The fourth-order valence-electron chi connectivity index (χ4n) is 2.11. The molecule has 0 unspecified atom stereocenters. The van der Waals surface area contributed by atoms with E-state index in [1.54, 1.807) is 44.4 Å². The minimum absolute atomic E-state index is 0.0551. The van der Waals surface area contributed by atoms with Gasteiger partial charge in [-0.2, -0.15) is 0 Å². The Morgan fingerprint density at radius 3 is 2.52 bits per heavy atom. The number of nitro groups is 1. The van der Waals surface area contributed by atoms with Gasteiger partial charge in [-0.15, -0.1) is 0 Å². The van der Waals surface area contributed by atoms with E-state index < -0.39 is 4.92 Å². The quantitative estimate of drug-likeness (QED) is 0.484. The van der Waals surface area contributed by atoms with E-state index in [0.717, 1.165) is 11.1 Å². The van der Waals surface area contributed by atoms with E-state index in [2.05, 4.69) is 10.6 Å². The van der Waals surface area contributed by atoms with Crippen LogP contribution in [0.3, 0.4) is 0 Å². The number of hydrogen-bond acceptors (Lipinski definition) is 5. The molecule has 2 N–H and O–H groups in total. The highest BCUT2D eigenvalue weighted by Gasteiger charge is 2.11. The van der Waals surface area contributed by atoms with Crippen LogP contribution < -0.4 is 15.4 Å². The molecule has 0 spiro atoms. The third-order valence-corrected chi connectivity index (χ3v) is 3.66. The molecule has 0 atom stereocenters. The predicted octanol–water partition coefficient (Wildman–Crippen LogP) is 2.97. The van der Waals surface area contributed by atoms with Crippen LogP contribution in [0.1, 0.15) is 11.1 Å². The Balaban J connectivity index is 1.96. The molecule has 0 saturated heterocycles. The summed E-state index contributed by atoms with van der Waals surface area (Å²) in [4.78, 5) is 22.4. The van der Waals surface area contributed by atoms with Crippen LogP contribution in [0.4, 0.5) is 11.4 Å². The minimum atomic E-state index is -0.490. The number of amides is 1. The molecule has 1 amide bonds. The lowest BCUT2D eigenvalue weighted by Gasteiger charge is -2.11. The van der Waals surface area contributed by atoms with Crippen molar-refractivity contribution in [2.45, 2.75) is 13.3 Å². The maximum absolute atomic E-state index is 12.0. The Hall–Kier alpha value is -3.00. The lowest BCUT2D eigenvalue weighted by atomic mass is 10.1. The number of carbonyl (C=O) groups is 1. The number of thiocarbonyl (C=S) groups is 1. The van der Waals surface area contributed by atoms with Gasteiger partial charge >= 0.3 is 0 Å². The Kier molecular flexibility index (Phi) is 6.02. The highest BCUT2D eigenvalue weighted by molar-refractivity contribution is 7.80. The number of carbonyl (C=O) groups excluding carboxylic acids is 1. The van der Waals surface area contributed by atoms with Gasteiger partial charge in [0.2, 0.25) is 5.91 Å². The van der Waals surface area contributed by atoms with Gasteiger partial charge in [0, 0.05) is 17.8 Å². The molecule has 2 aromatic carbocycles. The third-order valence-electron chi connectivity index (χ3n) is 3.46.